The van der Waals surface area contributed by atoms with E-state index in [2.05, 4.69) is 9.71 Å². The molecule has 33 heavy (non-hydrogen) atoms. The van der Waals surface area contributed by atoms with Gasteiger partial charge in [-0.15, -0.1) is 0 Å². The van der Waals surface area contributed by atoms with Gasteiger partial charge in [-0.3, -0.25) is 0 Å². The van der Waals surface area contributed by atoms with Crippen molar-refractivity contribution < 1.29 is 21.6 Å². The van der Waals surface area contributed by atoms with Crippen LogP contribution in [0.1, 0.15) is 30.3 Å². The van der Waals surface area contributed by atoms with Crippen molar-refractivity contribution in [3.63, 3.8) is 0 Å². The summed E-state index contributed by atoms with van der Waals surface area (Å²) in [6, 6.07) is 11.6. The molecule has 1 N–H and O–H groups in total. The first kappa shape index (κ1) is 23.4. The SMILES string of the molecule is COc1cccc(C(NS(=O)(=O)c2ccc(S(=O)(=O)N3CCCC3)cc2)c2nccn2C)c1. The quantitative estimate of drug-likeness (QED) is 0.519. The Kier molecular flexibility index (Phi) is 6.57. The Morgan fingerprint density at radius 3 is 2.27 bits per heavy atom. The maximum absolute atomic E-state index is 13.3. The second-order valence-electron chi connectivity index (χ2n) is 7.81. The Hall–Kier alpha value is -2.73. The molecule has 0 spiro atoms. The van der Waals surface area contributed by atoms with Crippen LogP contribution in [-0.2, 0) is 27.1 Å². The summed E-state index contributed by atoms with van der Waals surface area (Å²) in [5.41, 5.74) is 0.653. The highest BCUT2D eigenvalue weighted by Crippen LogP contribution is 2.27. The molecule has 1 unspecified atom stereocenters. The molecule has 1 aliphatic heterocycles. The third-order valence-corrected chi connectivity index (χ3v) is 9.01. The van der Waals surface area contributed by atoms with E-state index in [0.717, 1.165) is 12.8 Å². The van der Waals surface area contributed by atoms with Crippen molar-refractivity contribution in [2.45, 2.75) is 28.7 Å². The first-order valence-corrected chi connectivity index (χ1v) is 13.4. The molecule has 176 valence electrons. The number of aryl methyl sites for hydroxylation is 1. The maximum atomic E-state index is 13.3. The van der Waals surface area contributed by atoms with Gasteiger partial charge < -0.3 is 9.30 Å². The number of aromatic nitrogens is 2. The predicted octanol–water partition coefficient (Wildman–Crippen LogP) is 2.28. The minimum atomic E-state index is -4.00. The highest BCUT2D eigenvalue weighted by atomic mass is 32.2. The fraction of sp³-hybridized carbons (Fsp3) is 0.318. The minimum Gasteiger partial charge on any atom is -0.497 e. The highest BCUT2D eigenvalue weighted by molar-refractivity contribution is 7.89. The molecule has 2 aromatic carbocycles. The molecule has 0 saturated carbocycles. The number of imidazole rings is 1. The van der Waals surface area contributed by atoms with Crippen molar-refractivity contribution in [1.82, 2.24) is 18.6 Å². The summed E-state index contributed by atoms with van der Waals surface area (Å²) in [6.45, 7) is 0.964. The topological polar surface area (TPSA) is 111 Å². The molecule has 1 aliphatic rings. The molecule has 0 amide bonds. The zero-order chi connectivity index (χ0) is 23.6. The van der Waals surface area contributed by atoms with Crippen molar-refractivity contribution in [2.75, 3.05) is 20.2 Å². The number of benzene rings is 2. The largest absolute Gasteiger partial charge is 0.497 e. The first-order chi connectivity index (χ1) is 15.7. The van der Waals surface area contributed by atoms with E-state index in [9.17, 15) is 16.8 Å². The van der Waals surface area contributed by atoms with E-state index in [1.54, 1.807) is 48.3 Å². The molecule has 1 atom stereocenters. The number of hydrogen-bond acceptors (Lipinski definition) is 6. The molecule has 1 aromatic heterocycles. The van der Waals surface area contributed by atoms with Gasteiger partial charge in [0.2, 0.25) is 20.0 Å². The molecule has 0 radical (unpaired) electrons. The van der Waals surface area contributed by atoms with Crippen LogP contribution in [0.2, 0.25) is 0 Å². The monoisotopic (exact) mass is 490 g/mol. The standard InChI is InChI=1S/C22H26N4O5S2/c1-25-15-12-23-22(25)21(17-6-5-7-18(16-17)31-2)24-32(27,28)19-8-10-20(11-9-19)33(29,30)26-13-3-4-14-26/h5-12,15-16,21,24H,3-4,13-14H2,1-2H3. The Morgan fingerprint density at radius 2 is 1.67 bits per heavy atom. The van der Waals surface area contributed by atoms with Crippen LogP contribution in [0, 0.1) is 0 Å². The lowest BCUT2D eigenvalue weighted by atomic mass is 10.1. The Balaban J connectivity index is 1.65. The van der Waals surface area contributed by atoms with Gasteiger partial charge in [-0.2, -0.15) is 9.03 Å². The van der Waals surface area contributed by atoms with Gasteiger partial charge in [0.25, 0.3) is 0 Å². The number of methoxy groups -OCH3 is 1. The summed E-state index contributed by atoms with van der Waals surface area (Å²) in [6.07, 6.45) is 4.98. The van der Waals surface area contributed by atoms with Crippen LogP contribution in [0.25, 0.3) is 0 Å². The maximum Gasteiger partial charge on any atom is 0.243 e. The van der Waals surface area contributed by atoms with E-state index in [0.29, 0.717) is 30.2 Å². The van der Waals surface area contributed by atoms with Crippen LogP contribution in [0.5, 0.6) is 5.75 Å². The van der Waals surface area contributed by atoms with E-state index < -0.39 is 26.1 Å². The molecule has 1 saturated heterocycles. The number of sulfonamides is 2. The molecule has 0 bridgehead atoms. The van der Waals surface area contributed by atoms with Crippen molar-refractivity contribution in [1.29, 1.82) is 0 Å². The van der Waals surface area contributed by atoms with E-state index in [4.69, 9.17) is 4.74 Å². The summed E-state index contributed by atoms with van der Waals surface area (Å²) in [5, 5.41) is 0. The van der Waals surface area contributed by atoms with E-state index in [-0.39, 0.29) is 9.79 Å². The summed E-state index contributed by atoms with van der Waals surface area (Å²) in [5.74, 6) is 1.09. The molecule has 9 nitrogen and oxygen atoms in total. The van der Waals surface area contributed by atoms with Crippen molar-refractivity contribution >= 4 is 20.0 Å². The van der Waals surface area contributed by atoms with E-state index in [1.807, 2.05) is 0 Å². The van der Waals surface area contributed by atoms with Gasteiger partial charge in [0.05, 0.1) is 16.9 Å². The molecule has 2 heterocycles. The third kappa shape index (κ3) is 4.81. The van der Waals surface area contributed by atoms with Crippen LogP contribution in [0.3, 0.4) is 0 Å². The number of hydrogen-bond donors (Lipinski definition) is 1. The molecule has 3 aromatic rings. The number of ether oxygens (including phenoxy) is 1. The lowest BCUT2D eigenvalue weighted by molar-refractivity contribution is 0.413. The molecule has 11 heteroatoms. The highest BCUT2D eigenvalue weighted by Gasteiger charge is 2.29. The van der Waals surface area contributed by atoms with Gasteiger partial charge in [0, 0.05) is 32.5 Å². The molecular weight excluding hydrogens is 464 g/mol. The second-order valence-corrected chi connectivity index (χ2v) is 11.5. The van der Waals surface area contributed by atoms with Gasteiger partial charge in [0.15, 0.2) is 0 Å². The lowest BCUT2D eigenvalue weighted by Gasteiger charge is -2.20. The molecule has 0 aliphatic carbocycles. The predicted molar refractivity (Wildman–Crippen MR) is 123 cm³/mol. The van der Waals surface area contributed by atoms with Gasteiger partial charge >= 0.3 is 0 Å². The minimum absolute atomic E-state index is 0.0371. The molecule has 4 rings (SSSR count). The number of nitrogens with one attached hydrogen (secondary N) is 1. The van der Waals surface area contributed by atoms with E-state index in [1.165, 1.54) is 35.7 Å². The van der Waals surface area contributed by atoms with Crippen LogP contribution >= 0.6 is 0 Å². The van der Waals surface area contributed by atoms with E-state index >= 15 is 0 Å². The van der Waals surface area contributed by atoms with Crippen molar-refractivity contribution in [3.8, 4) is 5.75 Å². The molecule has 1 fully saturated rings. The third-order valence-electron chi connectivity index (χ3n) is 5.65. The fourth-order valence-electron chi connectivity index (χ4n) is 3.84. The summed E-state index contributed by atoms with van der Waals surface area (Å²) >= 11 is 0. The number of nitrogens with zero attached hydrogens (tertiary/aromatic N) is 3. The zero-order valence-corrected chi connectivity index (χ0v) is 20.0. The smallest absolute Gasteiger partial charge is 0.243 e. The van der Waals surface area contributed by atoms with Crippen molar-refractivity contribution in [3.05, 3.63) is 72.3 Å². The Labute approximate surface area is 194 Å². The van der Waals surface area contributed by atoms with Crippen LogP contribution < -0.4 is 9.46 Å². The van der Waals surface area contributed by atoms with Crippen LogP contribution in [-0.4, -0.2) is 50.9 Å². The van der Waals surface area contributed by atoms with Crippen LogP contribution in [0.4, 0.5) is 0 Å². The van der Waals surface area contributed by atoms with Gasteiger partial charge in [-0.05, 0) is 54.8 Å². The Bertz CT molecular complexity index is 1330. The second kappa shape index (κ2) is 9.26. The van der Waals surface area contributed by atoms with Crippen LogP contribution in [0.15, 0.2) is 70.7 Å². The summed E-state index contributed by atoms with van der Waals surface area (Å²) in [7, 11) is -4.31. The van der Waals surface area contributed by atoms with Gasteiger partial charge in [0.1, 0.15) is 17.6 Å². The average molecular weight is 491 g/mol. The molecular formula is C22H26N4O5S2. The Morgan fingerprint density at radius 1 is 1.00 bits per heavy atom. The lowest BCUT2D eigenvalue weighted by Crippen LogP contribution is -2.31. The first-order valence-electron chi connectivity index (χ1n) is 10.5. The zero-order valence-electron chi connectivity index (χ0n) is 18.4. The van der Waals surface area contributed by atoms with Gasteiger partial charge in [-0.25, -0.2) is 21.8 Å². The fourth-order valence-corrected chi connectivity index (χ4v) is 6.54. The van der Waals surface area contributed by atoms with Crippen molar-refractivity contribution in [2.24, 2.45) is 7.05 Å². The summed E-state index contributed by atoms with van der Waals surface area (Å²) in [4.78, 5) is 4.37. The normalized spacial score (nSPS) is 16.1. The summed E-state index contributed by atoms with van der Waals surface area (Å²) < 4.78 is 63.2. The number of rotatable bonds is 8. The average Bonchev–Trinajstić information content (AvgIpc) is 3.50. The van der Waals surface area contributed by atoms with Gasteiger partial charge in [-0.1, -0.05) is 12.1 Å².